The average molecular weight is 594 g/mol. The van der Waals surface area contributed by atoms with Crippen molar-refractivity contribution in [2.24, 2.45) is 5.41 Å². The minimum atomic E-state index is -1.09. The van der Waals surface area contributed by atoms with Gasteiger partial charge in [-0.1, -0.05) is 19.9 Å². The first-order chi connectivity index (χ1) is 20.1. The number of amides is 1. The lowest BCUT2D eigenvalue weighted by Crippen LogP contribution is -2.39. The molecule has 0 radical (unpaired) electrons. The van der Waals surface area contributed by atoms with E-state index in [9.17, 15) is 13.6 Å². The summed E-state index contributed by atoms with van der Waals surface area (Å²) < 4.78 is 34.1. The van der Waals surface area contributed by atoms with Crippen LogP contribution in [-0.4, -0.2) is 60.7 Å². The minimum Gasteiger partial charge on any atom is -0.328 e. The molecule has 10 nitrogen and oxygen atoms in total. The van der Waals surface area contributed by atoms with Gasteiger partial charge in [0.15, 0.2) is 23.1 Å². The number of rotatable bonds is 8. The first kappa shape index (κ1) is 28.2. The van der Waals surface area contributed by atoms with Gasteiger partial charge in [-0.15, -0.1) is 0 Å². The second kappa shape index (κ2) is 11.4. The third-order valence-corrected chi connectivity index (χ3v) is 8.17. The number of likely N-dealkylation sites (tertiary alicyclic amines) is 1. The van der Waals surface area contributed by atoms with E-state index in [4.69, 9.17) is 4.98 Å². The number of aryl methyl sites for hydroxylation is 1. The lowest BCUT2D eigenvalue weighted by Gasteiger charge is -2.37. The molecule has 1 fully saturated rings. The van der Waals surface area contributed by atoms with Crippen LogP contribution in [0.1, 0.15) is 43.8 Å². The monoisotopic (exact) mass is 593 g/mol. The number of anilines is 3. The number of halogens is 2. The molecule has 13 heteroatoms. The molecule has 5 heterocycles. The molecule has 3 N–H and O–H groups in total. The molecule has 1 aromatic carbocycles. The molecule has 6 rings (SSSR count). The Kier molecular flexibility index (Phi) is 7.64. The van der Waals surface area contributed by atoms with Gasteiger partial charge in [0.25, 0.3) is 0 Å². The van der Waals surface area contributed by atoms with E-state index in [1.165, 1.54) is 36.5 Å². The summed E-state index contributed by atoms with van der Waals surface area (Å²) in [6, 6.07) is 5.74. The van der Waals surface area contributed by atoms with E-state index in [1.54, 1.807) is 11.2 Å². The Bertz CT molecular complexity index is 1660. The predicted octanol–water partition coefficient (Wildman–Crippen LogP) is 4.94. The number of carbonyl (C=O) groups is 1. The number of benzene rings is 1. The summed E-state index contributed by atoms with van der Waals surface area (Å²) in [5, 5.41) is 8.35. The molecule has 42 heavy (non-hydrogen) atoms. The van der Waals surface area contributed by atoms with Gasteiger partial charge in [0.05, 0.1) is 29.0 Å². The van der Waals surface area contributed by atoms with Gasteiger partial charge in [-0.2, -0.15) is 4.37 Å². The molecule has 1 saturated heterocycles. The molecule has 0 bridgehead atoms. The van der Waals surface area contributed by atoms with Crippen molar-refractivity contribution in [2.45, 2.75) is 40.2 Å². The summed E-state index contributed by atoms with van der Waals surface area (Å²) >= 11 is 1.41. The summed E-state index contributed by atoms with van der Waals surface area (Å²) in [5.74, 6) is -1.95. The zero-order chi connectivity index (χ0) is 29.4. The van der Waals surface area contributed by atoms with Crippen molar-refractivity contribution >= 4 is 45.2 Å². The molecule has 1 amide bonds. The highest BCUT2D eigenvalue weighted by Crippen LogP contribution is 2.31. The highest BCUT2D eigenvalue weighted by Gasteiger charge is 2.27. The number of nitrogens with one attached hydrogen (secondary N) is 3. The van der Waals surface area contributed by atoms with Gasteiger partial charge in [-0.25, -0.2) is 24.2 Å². The third-order valence-electron chi connectivity index (χ3n) is 7.43. The third kappa shape index (κ3) is 6.13. The van der Waals surface area contributed by atoms with Crippen LogP contribution in [0.15, 0.2) is 42.9 Å². The molecule has 2 aliphatic rings. The van der Waals surface area contributed by atoms with Crippen LogP contribution < -0.4 is 16.1 Å². The average Bonchev–Trinajstić information content (AvgIpc) is 3.66. The molecule has 0 unspecified atom stereocenters. The number of hydrogen-bond donors (Lipinski definition) is 3. The molecule has 220 valence electrons. The Hall–Kier alpha value is -3.94. The number of piperidine rings is 1. The second-order valence-corrected chi connectivity index (χ2v) is 12.4. The normalized spacial score (nSPS) is 17.1. The fourth-order valence-corrected chi connectivity index (χ4v) is 6.23. The number of hydrazine groups is 1. The number of aromatic nitrogens is 4. The van der Waals surface area contributed by atoms with Crippen LogP contribution in [0, 0.1) is 24.0 Å². The van der Waals surface area contributed by atoms with Crippen LogP contribution in [0.3, 0.4) is 0 Å². The number of fused-ring (bicyclic) bond motifs is 1. The van der Waals surface area contributed by atoms with Crippen molar-refractivity contribution in [2.75, 3.05) is 36.8 Å². The quantitative estimate of drug-likeness (QED) is 0.264. The zero-order valence-corrected chi connectivity index (χ0v) is 24.6. The number of nitrogens with zero attached hydrogens (tertiary/aromatic N) is 6. The van der Waals surface area contributed by atoms with Crippen LogP contribution >= 0.6 is 11.5 Å². The van der Waals surface area contributed by atoms with E-state index in [2.05, 4.69) is 50.2 Å². The Morgan fingerprint density at radius 1 is 1.26 bits per heavy atom. The van der Waals surface area contributed by atoms with E-state index in [0.717, 1.165) is 53.4 Å². The highest BCUT2D eigenvalue weighted by molar-refractivity contribution is 7.10. The largest absolute Gasteiger partial charge is 0.328 e. The molecule has 3 aromatic heterocycles. The number of imidazole rings is 1. The summed E-state index contributed by atoms with van der Waals surface area (Å²) in [4.78, 5) is 24.3. The van der Waals surface area contributed by atoms with Gasteiger partial charge >= 0.3 is 0 Å². The number of carbonyl (C=O) groups excluding carboxylic acids is 1. The topological polar surface area (TPSA) is 103 Å². The number of hydrogen-bond acceptors (Lipinski definition) is 9. The first-order valence-corrected chi connectivity index (χ1v) is 14.7. The molecular weight excluding hydrogens is 560 g/mol. The Morgan fingerprint density at radius 3 is 2.95 bits per heavy atom. The van der Waals surface area contributed by atoms with Crippen molar-refractivity contribution in [1.29, 1.82) is 0 Å². The van der Waals surface area contributed by atoms with Gasteiger partial charge in [-0.05, 0) is 61.5 Å². The maximum atomic E-state index is 13.9. The molecule has 0 atom stereocenters. The van der Waals surface area contributed by atoms with Gasteiger partial charge in [0.1, 0.15) is 11.5 Å². The van der Waals surface area contributed by atoms with Crippen molar-refractivity contribution in [1.82, 2.24) is 34.1 Å². The second-order valence-electron chi connectivity index (χ2n) is 11.6. The van der Waals surface area contributed by atoms with Crippen molar-refractivity contribution < 1.29 is 13.6 Å². The summed E-state index contributed by atoms with van der Waals surface area (Å²) in [5.41, 5.74) is 7.56. The standard InChI is InChI=1S/C29H33F2N9OS/c1-18-13-40-23(19-11-33-39(14-19)16-24(41)35-22-7-4-6-21(30)26(22)31)12-32-28(40)27(34-18)36-25-10-20(37-42-25)15-38-9-5-8-29(2,3)17-38/h4,6-7,10,12-14,33H,5,8-9,11,15-17H2,1-3H3,(H,34,36)(H,35,41). The van der Waals surface area contributed by atoms with Crippen LogP contribution in [0.25, 0.3) is 11.2 Å². The Morgan fingerprint density at radius 2 is 2.12 bits per heavy atom. The maximum Gasteiger partial charge on any atom is 0.245 e. The molecule has 0 saturated carbocycles. The van der Waals surface area contributed by atoms with Gasteiger partial charge in [-0.3, -0.25) is 14.1 Å². The summed E-state index contributed by atoms with van der Waals surface area (Å²) in [6.07, 6.45) is 7.97. The van der Waals surface area contributed by atoms with E-state index in [0.29, 0.717) is 23.4 Å². The van der Waals surface area contributed by atoms with E-state index < -0.39 is 17.5 Å². The van der Waals surface area contributed by atoms with E-state index in [1.807, 2.05) is 23.7 Å². The van der Waals surface area contributed by atoms with E-state index >= 15 is 0 Å². The van der Waals surface area contributed by atoms with Crippen LogP contribution in [-0.2, 0) is 11.3 Å². The Labute approximate surface area is 246 Å². The summed E-state index contributed by atoms with van der Waals surface area (Å²) in [6.45, 7) is 9.94. The van der Waals surface area contributed by atoms with Gasteiger partial charge in [0.2, 0.25) is 5.91 Å². The van der Waals surface area contributed by atoms with Crippen molar-refractivity contribution in [3.63, 3.8) is 0 Å². The fraction of sp³-hybridized carbons (Fsp3) is 0.379. The van der Waals surface area contributed by atoms with E-state index in [-0.39, 0.29) is 12.2 Å². The Balaban J connectivity index is 1.15. The predicted molar refractivity (Wildman–Crippen MR) is 159 cm³/mol. The van der Waals surface area contributed by atoms with Crippen molar-refractivity contribution in [3.8, 4) is 0 Å². The SMILES string of the molecule is Cc1cn2c(C3=CN(CC(=O)Nc4cccc(F)c4F)NC3)cnc2c(Nc2cc(CN3CCCC(C)(C)C3)ns2)n1. The minimum absolute atomic E-state index is 0.0911. The maximum absolute atomic E-state index is 13.9. The summed E-state index contributed by atoms with van der Waals surface area (Å²) in [7, 11) is 0. The first-order valence-electron chi connectivity index (χ1n) is 13.9. The van der Waals surface area contributed by atoms with Crippen LogP contribution in [0.5, 0.6) is 0 Å². The zero-order valence-electron chi connectivity index (χ0n) is 23.7. The van der Waals surface area contributed by atoms with Crippen LogP contribution in [0.2, 0.25) is 0 Å². The van der Waals surface area contributed by atoms with Gasteiger partial charge in [0, 0.05) is 37.6 Å². The molecule has 2 aliphatic heterocycles. The van der Waals surface area contributed by atoms with Crippen LogP contribution in [0.4, 0.5) is 25.3 Å². The molecule has 0 aliphatic carbocycles. The lowest BCUT2D eigenvalue weighted by molar-refractivity contribution is -0.117. The molecule has 4 aromatic rings. The fourth-order valence-electron chi connectivity index (χ4n) is 5.57. The molecule has 0 spiro atoms. The van der Waals surface area contributed by atoms with Crippen molar-refractivity contribution in [3.05, 3.63) is 71.6 Å². The van der Waals surface area contributed by atoms with Gasteiger partial charge < -0.3 is 15.6 Å². The lowest BCUT2D eigenvalue weighted by atomic mass is 9.84. The molecular formula is C29H33F2N9OS. The smallest absolute Gasteiger partial charge is 0.245 e. The highest BCUT2D eigenvalue weighted by atomic mass is 32.1.